The van der Waals surface area contributed by atoms with Gasteiger partial charge >= 0.3 is 6.03 Å². The van der Waals surface area contributed by atoms with E-state index in [9.17, 15) is 14.4 Å². The molecule has 1 N–H and O–H groups in total. The van der Waals surface area contributed by atoms with Gasteiger partial charge in [-0.15, -0.1) is 0 Å². The van der Waals surface area contributed by atoms with E-state index >= 15 is 0 Å². The zero-order valence-corrected chi connectivity index (χ0v) is 16.6. The highest BCUT2D eigenvalue weighted by Crippen LogP contribution is 2.38. The average molecular weight is 423 g/mol. The van der Waals surface area contributed by atoms with Crippen LogP contribution in [-0.2, 0) is 9.59 Å². The number of urea groups is 1. The molecule has 2 heterocycles. The summed E-state index contributed by atoms with van der Waals surface area (Å²) >= 11 is 3.31. The lowest BCUT2D eigenvalue weighted by Gasteiger charge is -2.36. The molecule has 1 aromatic rings. The van der Waals surface area contributed by atoms with Gasteiger partial charge in [-0.3, -0.25) is 19.4 Å². The number of carbonyl (C=O) groups is 3. The van der Waals surface area contributed by atoms with E-state index in [0.29, 0.717) is 18.8 Å². The van der Waals surface area contributed by atoms with Crippen molar-refractivity contribution in [2.75, 3.05) is 18.0 Å². The molecule has 1 aliphatic heterocycles. The molecule has 2 unspecified atom stereocenters. The Kier molecular flexibility index (Phi) is 5.32. The Bertz CT molecular complexity index is 724. The van der Waals surface area contributed by atoms with E-state index in [4.69, 9.17) is 0 Å². The Morgan fingerprint density at radius 2 is 2.19 bits per heavy atom. The lowest BCUT2D eigenvalue weighted by atomic mass is 9.73. The summed E-state index contributed by atoms with van der Waals surface area (Å²) in [6, 6.07) is 3.05. The van der Waals surface area contributed by atoms with Gasteiger partial charge in [0.15, 0.2) is 0 Å². The zero-order valence-electron chi connectivity index (χ0n) is 15.0. The number of amides is 4. The van der Waals surface area contributed by atoms with Crippen LogP contribution < -0.4 is 10.2 Å². The molecule has 1 aromatic heterocycles. The molecular weight excluding hydrogens is 400 g/mol. The van der Waals surface area contributed by atoms with Crippen LogP contribution in [-0.4, -0.2) is 46.4 Å². The number of aromatic nitrogens is 1. The number of carbonyl (C=O) groups excluding carboxylic acids is 3. The van der Waals surface area contributed by atoms with Crippen LogP contribution in [0.4, 0.5) is 10.6 Å². The Morgan fingerprint density at radius 1 is 1.42 bits per heavy atom. The molecule has 2 aliphatic rings. The van der Waals surface area contributed by atoms with Gasteiger partial charge in [-0.25, -0.2) is 9.78 Å². The number of pyridine rings is 1. The van der Waals surface area contributed by atoms with Crippen molar-refractivity contribution in [3.05, 3.63) is 22.8 Å². The van der Waals surface area contributed by atoms with Gasteiger partial charge in [0.25, 0.3) is 5.91 Å². The highest BCUT2D eigenvalue weighted by molar-refractivity contribution is 9.10. The molecule has 0 bridgehead atoms. The van der Waals surface area contributed by atoms with E-state index in [2.05, 4.69) is 26.2 Å². The molecular formula is C18H23BrN4O3. The zero-order chi connectivity index (χ0) is 18.9. The first kappa shape index (κ1) is 18.8. The van der Waals surface area contributed by atoms with Crippen LogP contribution in [0.1, 0.15) is 39.5 Å². The van der Waals surface area contributed by atoms with Crippen molar-refractivity contribution in [1.82, 2.24) is 15.2 Å². The first-order valence-corrected chi connectivity index (χ1v) is 9.74. The third kappa shape index (κ3) is 3.22. The number of likely N-dealkylation sites (N-methyl/N-ethyl adjacent to an activating group) is 1. The molecule has 8 heteroatoms. The number of hydrogen-bond donors (Lipinski definition) is 1. The minimum absolute atomic E-state index is 0.0724. The van der Waals surface area contributed by atoms with Crippen molar-refractivity contribution >= 4 is 39.6 Å². The van der Waals surface area contributed by atoms with Crippen molar-refractivity contribution in [3.8, 4) is 0 Å². The summed E-state index contributed by atoms with van der Waals surface area (Å²) in [4.78, 5) is 44.9. The number of hydrogen-bond acceptors (Lipinski definition) is 4. The Balaban J connectivity index is 1.77. The Labute approximate surface area is 161 Å². The predicted octanol–water partition coefficient (Wildman–Crippen LogP) is 2.70. The number of imide groups is 1. The molecule has 0 aromatic carbocycles. The third-order valence-corrected chi connectivity index (χ3v) is 5.87. The van der Waals surface area contributed by atoms with Crippen LogP contribution in [0.15, 0.2) is 22.8 Å². The third-order valence-electron chi connectivity index (χ3n) is 5.40. The lowest BCUT2D eigenvalue weighted by molar-refractivity contribution is -0.136. The molecule has 4 amide bonds. The SMILES string of the molecule is CCN(C(=O)CN1C(=O)NC2(CCCCC2C)C1=O)c1ccc(Br)cn1. The van der Waals surface area contributed by atoms with Gasteiger partial charge in [0, 0.05) is 17.2 Å². The summed E-state index contributed by atoms with van der Waals surface area (Å²) < 4.78 is 0.812. The fraction of sp³-hybridized carbons (Fsp3) is 0.556. The molecule has 0 radical (unpaired) electrons. The smallest absolute Gasteiger partial charge is 0.323 e. The molecule has 140 valence electrons. The summed E-state index contributed by atoms with van der Waals surface area (Å²) in [5, 5.41) is 2.87. The van der Waals surface area contributed by atoms with Gasteiger partial charge in [-0.1, -0.05) is 19.8 Å². The standard InChI is InChI=1S/C18H23BrN4O3/c1-3-22(14-8-7-13(19)10-20-14)15(24)11-23-16(25)18(21-17(23)26)9-5-4-6-12(18)2/h7-8,10,12H,3-6,9,11H2,1-2H3,(H,21,26). The quantitative estimate of drug-likeness (QED) is 0.755. The number of anilines is 1. The monoisotopic (exact) mass is 422 g/mol. The highest BCUT2D eigenvalue weighted by atomic mass is 79.9. The summed E-state index contributed by atoms with van der Waals surface area (Å²) in [5.41, 5.74) is -0.845. The van der Waals surface area contributed by atoms with Crippen LogP contribution in [0.5, 0.6) is 0 Å². The minimum atomic E-state index is -0.845. The van der Waals surface area contributed by atoms with Gasteiger partial charge in [0.1, 0.15) is 17.9 Å². The molecule has 1 aliphatic carbocycles. The molecule has 1 spiro atoms. The van der Waals surface area contributed by atoms with E-state index in [0.717, 1.165) is 28.6 Å². The summed E-state index contributed by atoms with van der Waals surface area (Å²) in [5.74, 6) is -0.0362. The molecule has 7 nitrogen and oxygen atoms in total. The van der Waals surface area contributed by atoms with Gasteiger partial charge < -0.3 is 5.32 Å². The van der Waals surface area contributed by atoms with Crippen LogP contribution >= 0.6 is 15.9 Å². The summed E-state index contributed by atoms with van der Waals surface area (Å²) in [6.07, 6.45) is 5.11. The van der Waals surface area contributed by atoms with Crippen LogP contribution in [0.2, 0.25) is 0 Å². The van der Waals surface area contributed by atoms with Gasteiger partial charge in [-0.2, -0.15) is 0 Å². The Morgan fingerprint density at radius 3 is 2.81 bits per heavy atom. The normalized spacial score (nSPS) is 25.5. The largest absolute Gasteiger partial charge is 0.325 e. The molecule has 3 rings (SSSR count). The van der Waals surface area contributed by atoms with Crippen LogP contribution in [0, 0.1) is 5.92 Å². The van der Waals surface area contributed by atoms with Crippen molar-refractivity contribution in [2.24, 2.45) is 5.92 Å². The van der Waals surface area contributed by atoms with Crippen molar-refractivity contribution < 1.29 is 14.4 Å². The maximum absolute atomic E-state index is 13.0. The van der Waals surface area contributed by atoms with E-state index in [1.54, 1.807) is 18.3 Å². The fourth-order valence-corrected chi connectivity index (χ4v) is 4.09. The molecule has 2 atom stereocenters. The van der Waals surface area contributed by atoms with Crippen molar-refractivity contribution in [1.29, 1.82) is 0 Å². The number of halogens is 1. The number of rotatable bonds is 4. The second-order valence-corrected chi connectivity index (χ2v) is 7.83. The predicted molar refractivity (Wildman–Crippen MR) is 101 cm³/mol. The van der Waals surface area contributed by atoms with E-state index in [1.807, 2.05) is 13.8 Å². The van der Waals surface area contributed by atoms with Crippen molar-refractivity contribution in [3.63, 3.8) is 0 Å². The van der Waals surface area contributed by atoms with Gasteiger partial charge in [0.05, 0.1) is 0 Å². The fourth-order valence-electron chi connectivity index (χ4n) is 3.85. The number of nitrogens with one attached hydrogen (secondary N) is 1. The Hall–Kier alpha value is -1.96. The van der Waals surface area contributed by atoms with E-state index in [-0.39, 0.29) is 24.3 Å². The van der Waals surface area contributed by atoms with Crippen LogP contribution in [0.25, 0.3) is 0 Å². The summed E-state index contributed by atoms with van der Waals surface area (Å²) in [7, 11) is 0. The molecule has 26 heavy (non-hydrogen) atoms. The van der Waals surface area contributed by atoms with Gasteiger partial charge in [-0.05, 0) is 53.7 Å². The topological polar surface area (TPSA) is 82.6 Å². The molecule has 1 saturated heterocycles. The molecule has 1 saturated carbocycles. The second kappa shape index (κ2) is 7.34. The second-order valence-electron chi connectivity index (χ2n) is 6.91. The molecule has 2 fully saturated rings. The maximum Gasteiger partial charge on any atom is 0.325 e. The first-order valence-electron chi connectivity index (χ1n) is 8.95. The van der Waals surface area contributed by atoms with Gasteiger partial charge in [0.2, 0.25) is 5.91 Å². The van der Waals surface area contributed by atoms with E-state index < -0.39 is 11.6 Å². The summed E-state index contributed by atoms with van der Waals surface area (Å²) in [6.45, 7) is 3.95. The minimum Gasteiger partial charge on any atom is -0.323 e. The lowest BCUT2D eigenvalue weighted by Crippen LogP contribution is -2.54. The highest BCUT2D eigenvalue weighted by Gasteiger charge is 2.55. The first-order chi connectivity index (χ1) is 12.4. The van der Waals surface area contributed by atoms with E-state index in [1.165, 1.54) is 4.90 Å². The average Bonchev–Trinajstić information content (AvgIpc) is 2.85. The van der Waals surface area contributed by atoms with Crippen molar-refractivity contribution in [2.45, 2.75) is 45.1 Å². The van der Waals surface area contributed by atoms with Crippen LogP contribution in [0.3, 0.4) is 0 Å². The maximum atomic E-state index is 13.0. The number of nitrogens with zero attached hydrogens (tertiary/aromatic N) is 3.